The highest BCUT2D eigenvalue weighted by Gasteiger charge is 2.40. The predicted molar refractivity (Wildman–Crippen MR) is 74.1 cm³/mol. The average molecular weight is 238 g/mol. The SMILES string of the molecule is CNC1CC(C)CC(C)C1N1CC(C)C(C)C1. The second kappa shape index (κ2) is 5.27. The Morgan fingerprint density at radius 3 is 2.00 bits per heavy atom. The van der Waals surface area contributed by atoms with Crippen LogP contribution >= 0.6 is 0 Å². The minimum Gasteiger partial charge on any atom is -0.315 e. The third-order valence-electron chi connectivity index (χ3n) is 5.23. The Morgan fingerprint density at radius 2 is 1.47 bits per heavy atom. The van der Waals surface area contributed by atoms with E-state index in [1.807, 2.05) is 0 Å². The van der Waals surface area contributed by atoms with Gasteiger partial charge in [-0.25, -0.2) is 0 Å². The molecule has 0 amide bonds. The lowest BCUT2D eigenvalue weighted by molar-refractivity contribution is 0.0784. The molecule has 2 aliphatic rings. The molecule has 0 aromatic carbocycles. The van der Waals surface area contributed by atoms with Crippen LogP contribution in [0.15, 0.2) is 0 Å². The molecule has 1 saturated carbocycles. The smallest absolute Gasteiger partial charge is 0.0275 e. The molecule has 17 heavy (non-hydrogen) atoms. The van der Waals surface area contributed by atoms with E-state index in [0.717, 1.165) is 29.7 Å². The van der Waals surface area contributed by atoms with Crippen molar-refractivity contribution in [2.45, 2.75) is 52.6 Å². The van der Waals surface area contributed by atoms with E-state index in [1.54, 1.807) is 0 Å². The highest BCUT2D eigenvalue weighted by Crippen LogP contribution is 2.35. The molecule has 2 rings (SSSR count). The fourth-order valence-electron chi connectivity index (χ4n) is 4.16. The maximum atomic E-state index is 3.58. The highest BCUT2D eigenvalue weighted by atomic mass is 15.2. The van der Waals surface area contributed by atoms with Crippen LogP contribution in [0.4, 0.5) is 0 Å². The maximum absolute atomic E-state index is 3.58. The Kier molecular flexibility index (Phi) is 4.14. The van der Waals surface area contributed by atoms with Crippen molar-refractivity contribution in [1.29, 1.82) is 0 Å². The molecule has 2 nitrogen and oxygen atoms in total. The Morgan fingerprint density at radius 1 is 0.882 bits per heavy atom. The minimum absolute atomic E-state index is 0.700. The molecule has 2 fully saturated rings. The fraction of sp³-hybridized carbons (Fsp3) is 1.00. The number of nitrogens with one attached hydrogen (secondary N) is 1. The molecular weight excluding hydrogens is 208 g/mol. The lowest BCUT2D eigenvalue weighted by Crippen LogP contribution is -2.55. The molecule has 0 aromatic heterocycles. The zero-order chi connectivity index (χ0) is 12.6. The van der Waals surface area contributed by atoms with Gasteiger partial charge in [-0.2, -0.15) is 0 Å². The summed E-state index contributed by atoms with van der Waals surface area (Å²) in [5.41, 5.74) is 0. The third kappa shape index (κ3) is 2.68. The topological polar surface area (TPSA) is 15.3 Å². The van der Waals surface area contributed by atoms with Gasteiger partial charge in [-0.15, -0.1) is 0 Å². The Hall–Kier alpha value is -0.0800. The molecule has 6 unspecified atom stereocenters. The number of hydrogen-bond donors (Lipinski definition) is 1. The van der Waals surface area contributed by atoms with Gasteiger partial charge in [0.15, 0.2) is 0 Å². The molecule has 1 saturated heterocycles. The molecular formula is C15H30N2. The molecule has 1 N–H and O–H groups in total. The van der Waals surface area contributed by atoms with Gasteiger partial charge in [0.1, 0.15) is 0 Å². The summed E-state index contributed by atoms with van der Waals surface area (Å²) in [6, 6.07) is 1.47. The molecule has 6 atom stereocenters. The van der Waals surface area contributed by atoms with Gasteiger partial charge in [-0.3, -0.25) is 4.90 Å². The quantitative estimate of drug-likeness (QED) is 0.795. The number of rotatable bonds is 2. The van der Waals surface area contributed by atoms with E-state index in [0.29, 0.717) is 6.04 Å². The van der Waals surface area contributed by atoms with Crippen molar-refractivity contribution in [3.63, 3.8) is 0 Å². The minimum atomic E-state index is 0.700. The zero-order valence-electron chi connectivity index (χ0n) is 12.2. The van der Waals surface area contributed by atoms with Crippen LogP contribution in [-0.2, 0) is 0 Å². The van der Waals surface area contributed by atoms with Crippen molar-refractivity contribution in [2.24, 2.45) is 23.7 Å². The van der Waals surface area contributed by atoms with Gasteiger partial charge in [0.2, 0.25) is 0 Å². The van der Waals surface area contributed by atoms with Crippen molar-refractivity contribution in [2.75, 3.05) is 20.1 Å². The summed E-state index contributed by atoms with van der Waals surface area (Å²) in [4.78, 5) is 2.77. The summed E-state index contributed by atoms with van der Waals surface area (Å²) in [7, 11) is 2.14. The van der Waals surface area contributed by atoms with Crippen molar-refractivity contribution >= 4 is 0 Å². The molecule has 1 aliphatic heterocycles. The molecule has 1 aliphatic carbocycles. The first kappa shape index (κ1) is 13.4. The van der Waals surface area contributed by atoms with Crippen LogP contribution < -0.4 is 5.32 Å². The number of likely N-dealkylation sites (N-methyl/N-ethyl adjacent to an activating group) is 1. The van der Waals surface area contributed by atoms with E-state index in [9.17, 15) is 0 Å². The van der Waals surface area contributed by atoms with E-state index in [1.165, 1.54) is 25.9 Å². The Bertz CT molecular complexity index is 243. The Labute approximate surface area is 107 Å². The van der Waals surface area contributed by atoms with Gasteiger partial charge >= 0.3 is 0 Å². The normalized spacial score (nSPS) is 48.5. The van der Waals surface area contributed by atoms with Crippen LogP contribution in [0.2, 0.25) is 0 Å². The largest absolute Gasteiger partial charge is 0.315 e. The molecule has 0 bridgehead atoms. The van der Waals surface area contributed by atoms with E-state index in [4.69, 9.17) is 0 Å². The summed E-state index contributed by atoms with van der Waals surface area (Å²) < 4.78 is 0. The van der Waals surface area contributed by atoms with Crippen LogP contribution in [0.5, 0.6) is 0 Å². The number of hydrogen-bond acceptors (Lipinski definition) is 2. The molecule has 2 heteroatoms. The van der Waals surface area contributed by atoms with Crippen molar-refractivity contribution in [3.8, 4) is 0 Å². The molecule has 0 radical (unpaired) electrons. The third-order valence-corrected chi connectivity index (χ3v) is 5.23. The van der Waals surface area contributed by atoms with Crippen LogP contribution in [0.25, 0.3) is 0 Å². The van der Waals surface area contributed by atoms with Gasteiger partial charge in [0.25, 0.3) is 0 Å². The summed E-state index contributed by atoms with van der Waals surface area (Å²) in [5.74, 6) is 3.47. The van der Waals surface area contributed by atoms with Crippen LogP contribution in [-0.4, -0.2) is 37.1 Å². The summed E-state index contributed by atoms with van der Waals surface area (Å²) >= 11 is 0. The first-order valence-electron chi connectivity index (χ1n) is 7.44. The monoisotopic (exact) mass is 238 g/mol. The average Bonchev–Trinajstić information content (AvgIpc) is 2.57. The Balaban J connectivity index is 2.07. The van der Waals surface area contributed by atoms with Gasteiger partial charge in [0, 0.05) is 25.2 Å². The van der Waals surface area contributed by atoms with E-state index in [-0.39, 0.29) is 0 Å². The maximum Gasteiger partial charge on any atom is 0.0275 e. The molecule has 1 heterocycles. The fourth-order valence-corrected chi connectivity index (χ4v) is 4.16. The van der Waals surface area contributed by atoms with Gasteiger partial charge in [-0.1, -0.05) is 27.7 Å². The van der Waals surface area contributed by atoms with Crippen LogP contribution in [0, 0.1) is 23.7 Å². The number of nitrogens with zero attached hydrogens (tertiary/aromatic N) is 1. The summed E-state index contributed by atoms with van der Waals surface area (Å²) in [5, 5.41) is 3.58. The first-order valence-corrected chi connectivity index (χ1v) is 7.44. The molecule has 0 aromatic rings. The standard InChI is InChI=1S/C15H30N2/c1-10-6-11(2)15(14(7-10)16-5)17-8-12(3)13(4)9-17/h10-16H,6-9H2,1-5H3. The van der Waals surface area contributed by atoms with Crippen LogP contribution in [0.3, 0.4) is 0 Å². The van der Waals surface area contributed by atoms with E-state index in [2.05, 4.69) is 45.0 Å². The zero-order valence-corrected chi connectivity index (χ0v) is 12.2. The van der Waals surface area contributed by atoms with Gasteiger partial charge < -0.3 is 5.32 Å². The number of likely N-dealkylation sites (tertiary alicyclic amines) is 1. The van der Waals surface area contributed by atoms with E-state index >= 15 is 0 Å². The van der Waals surface area contributed by atoms with Gasteiger partial charge in [0.05, 0.1) is 0 Å². The molecule has 0 spiro atoms. The second-order valence-electron chi connectivity index (χ2n) is 6.85. The summed E-state index contributed by atoms with van der Waals surface area (Å²) in [6.07, 6.45) is 2.76. The lowest BCUT2D eigenvalue weighted by atomic mass is 9.76. The first-order chi connectivity index (χ1) is 8.02. The lowest BCUT2D eigenvalue weighted by Gasteiger charge is -2.44. The van der Waals surface area contributed by atoms with E-state index < -0.39 is 0 Å². The second-order valence-corrected chi connectivity index (χ2v) is 6.85. The van der Waals surface area contributed by atoms with Gasteiger partial charge in [-0.05, 0) is 43.6 Å². The molecule has 100 valence electrons. The van der Waals surface area contributed by atoms with Crippen LogP contribution in [0.1, 0.15) is 40.5 Å². The van der Waals surface area contributed by atoms with Crippen molar-refractivity contribution in [3.05, 3.63) is 0 Å². The van der Waals surface area contributed by atoms with Crippen molar-refractivity contribution < 1.29 is 0 Å². The highest BCUT2D eigenvalue weighted by molar-refractivity contribution is 4.96. The predicted octanol–water partition coefficient (Wildman–Crippen LogP) is 2.60. The summed E-state index contributed by atoms with van der Waals surface area (Å²) in [6.45, 7) is 12.3. The van der Waals surface area contributed by atoms with Crippen molar-refractivity contribution in [1.82, 2.24) is 10.2 Å².